The second-order valence-electron chi connectivity index (χ2n) is 7.21. The number of rotatable bonds is 5. The number of thiazole rings is 1. The van der Waals surface area contributed by atoms with Gasteiger partial charge in [-0.15, -0.1) is 22.7 Å². The van der Waals surface area contributed by atoms with Gasteiger partial charge in [0.25, 0.3) is 5.91 Å². The molecule has 2 fully saturated rings. The molecule has 1 aliphatic heterocycles. The topological polar surface area (TPSA) is 65.5 Å². The van der Waals surface area contributed by atoms with E-state index in [0.717, 1.165) is 67.7 Å². The van der Waals surface area contributed by atoms with Crippen LogP contribution in [0, 0.1) is 12.8 Å². The van der Waals surface area contributed by atoms with Crippen molar-refractivity contribution in [2.24, 2.45) is 5.92 Å². The van der Waals surface area contributed by atoms with Gasteiger partial charge in [0, 0.05) is 44.0 Å². The molecule has 27 heavy (non-hydrogen) atoms. The highest BCUT2D eigenvalue weighted by Crippen LogP contribution is 2.32. The molecule has 1 saturated heterocycles. The largest absolute Gasteiger partial charge is 0.337 e. The number of carbonyl (C=O) groups excluding carboxylic acids is 2. The van der Waals surface area contributed by atoms with E-state index in [1.807, 2.05) is 24.0 Å². The molecule has 3 heterocycles. The molecular weight excluding hydrogens is 380 g/mol. The minimum Gasteiger partial charge on any atom is -0.337 e. The number of nitrogens with one attached hydrogen (secondary N) is 1. The first-order chi connectivity index (χ1) is 13.1. The number of aryl methyl sites for hydroxylation is 1. The lowest BCUT2D eigenvalue weighted by Crippen LogP contribution is -2.34. The number of thiophene rings is 1. The summed E-state index contributed by atoms with van der Waals surface area (Å²) < 4.78 is 0. The van der Waals surface area contributed by atoms with Crippen LogP contribution in [-0.4, -0.2) is 52.8 Å². The first-order valence-electron chi connectivity index (χ1n) is 9.42. The van der Waals surface area contributed by atoms with Crippen molar-refractivity contribution in [2.45, 2.75) is 32.7 Å². The molecule has 144 valence electrons. The van der Waals surface area contributed by atoms with Gasteiger partial charge in [0.05, 0.1) is 20.6 Å². The smallest absolute Gasteiger partial charge is 0.264 e. The molecule has 0 bridgehead atoms. The van der Waals surface area contributed by atoms with Crippen LogP contribution in [0.5, 0.6) is 0 Å². The van der Waals surface area contributed by atoms with Crippen LogP contribution in [0.2, 0.25) is 0 Å². The van der Waals surface area contributed by atoms with Gasteiger partial charge in [0.15, 0.2) is 0 Å². The van der Waals surface area contributed by atoms with E-state index >= 15 is 0 Å². The molecule has 1 saturated carbocycles. The maximum atomic E-state index is 12.9. The van der Waals surface area contributed by atoms with Gasteiger partial charge < -0.3 is 10.2 Å². The first-order valence-corrected chi connectivity index (χ1v) is 11.1. The van der Waals surface area contributed by atoms with Crippen LogP contribution in [0.1, 0.15) is 39.6 Å². The van der Waals surface area contributed by atoms with E-state index in [1.54, 1.807) is 11.3 Å². The van der Waals surface area contributed by atoms with Gasteiger partial charge in [-0.3, -0.25) is 14.5 Å². The van der Waals surface area contributed by atoms with Gasteiger partial charge in [-0.2, -0.15) is 0 Å². The van der Waals surface area contributed by atoms with Crippen molar-refractivity contribution in [3.05, 3.63) is 33.1 Å². The Morgan fingerprint density at radius 1 is 1.22 bits per heavy atom. The predicted octanol–water partition coefficient (Wildman–Crippen LogP) is 3.21. The minimum atomic E-state index is 0.0678. The third-order valence-electron chi connectivity index (χ3n) is 4.94. The van der Waals surface area contributed by atoms with E-state index in [0.29, 0.717) is 4.88 Å². The molecule has 8 heteroatoms. The lowest BCUT2D eigenvalue weighted by molar-refractivity contribution is -0.117. The summed E-state index contributed by atoms with van der Waals surface area (Å²) in [4.78, 5) is 34.3. The number of hydrogen-bond acceptors (Lipinski definition) is 6. The number of amides is 2. The summed E-state index contributed by atoms with van der Waals surface area (Å²) in [6, 6.07) is 3.67. The highest BCUT2D eigenvalue weighted by molar-refractivity contribution is 7.18. The lowest BCUT2D eigenvalue weighted by atomic mass is 10.3. The van der Waals surface area contributed by atoms with Gasteiger partial charge in [0.2, 0.25) is 5.91 Å². The van der Waals surface area contributed by atoms with Crippen molar-refractivity contribution < 1.29 is 9.59 Å². The Labute approximate surface area is 167 Å². The van der Waals surface area contributed by atoms with E-state index in [4.69, 9.17) is 0 Å². The van der Waals surface area contributed by atoms with E-state index in [1.165, 1.54) is 11.3 Å². The molecule has 6 nitrogen and oxygen atoms in total. The van der Waals surface area contributed by atoms with Gasteiger partial charge >= 0.3 is 0 Å². The average Bonchev–Trinajstić information content (AvgIpc) is 3.34. The summed E-state index contributed by atoms with van der Waals surface area (Å²) in [5, 5.41) is 6.91. The molecule has 0 aromatic carbocycles. The van der Waals surface area contributed by atoms with Crippen molar-refractivity contribution in [1.82, 2.24) is 14.8 Å². The predicted molar refractivity (Wildman–Crippen MR) is 108 cm³/mol. The molecule has 0 unspecified atom stereocenters. The summed E-state index contributed by atoms with van der Waals surface area (Å²) in [6.45, 7) is 6.21. The number of anilines is 1. The first kappa shape index (κ1) is 18.6. The minimum absolute atomic E-state index is 0.0678. The standard InChI is InChI=1S/C19H24N4O2S2/c1-13-20-15(12-26-13)11-22-7-2-8-23(10-9-22)19(25)16-5-6-17(27-16)21-18(24)14-3-4-14/h5-6,12,14H,2-4,7-11H2,1H3,(H,21,24). The van der Waals surface area contributed by atoms with Gasteiger partial charge in [0.1, 0.15) is 0 Å². The lowest BCUT2D eigenvalue weighted by Gasteiger charge is -2.21. The quantitative estimate of drug-likeness (QED) is 0.831. The van der Waals surface area contributed by atoms with Crippen molar-refractivity contribution >= 4 is 39.5 Å². The fraction of sp³-hybridized carbons (Fsp3) is 0.526. The zero-order chi connectivity index (χ0) is 18.8. The molecule has 2 aromatic rings. The summed E-state index contributed by atoms with van der Waals surface area (Å²) in [6.07, 6.45) is 2.92. The number of carbonyl (C=O) groups is 2. The monoisotopic (exact) mass is 404 g/mol. The van der Waals surface area contributed by atoms with Crippen LogP contribution in [0.3, 0.4) is 0 Å². The van der Waals surface area contributed by atoms with Gasteiger partial charge in [-0.1, -0.05) is 0 Å². The Morgan fingerprint density at radius 2 is 2.07 bits per heavy atom. The van der Waals surface area contributed by atoms with E-state index < -0.39 is 0 Å². The highest BCUT2D eigenvalue weighted by Gasteiger charge is 2.30. The summed E-state index contributed by atoms with van der Waals surface area (Å²) in [7, 11) is 0. The SMILES string of the molecule is Cc1nc(CN2CCCN(C(=O)c3ccc(NC(=O)C4CC4)s3)CC2)cs1. The van der Waals surface area contributed by atoms with Crippen molar-refractivity contribution in [1.29, 1.82) is 0 Å². The maximum Gasteiger partial charge on any atom is 0.264 e. The maximum absolute atomic E-state index is 12.9. The summed E-state index contributed by atoms with van der Waals surface area (Å²) in [5.41, 5.74) is 1.12. The molecule has 1 N–H and O–H groups in total. The zero-order valence-electron chi connectivity index (χ0n) is 15.4. The second kappa shape index (κ2) is 8.08. The Hall–Kier alpha value is -1.77. The molecule has 0 spiro atoms. The van der Waals surface area contributed by atoms with Crippen LogP contribution in [0.4, 0.5) is 5.00 Å². The average molecular weight is 405 g/mol. The summed E-state index contributed by atoms with van der Waals surface area (Å²) >= 11 is 3.06. The Balaban J connectivity index is 1.32. The van der Waals surface area contributed by atoms with Gasteiger partial charge in [-0.25, -0.2) is 4.98 Å². The van der Waals surface area contributed by atoms with Crippen molar-refractivity contribution in [2.75, 3.05) is 31.5 Å². The van der Waals surface area contributed by atoms with Crippen LogP contribution in [0.25, 0.3) is 0 Å². The van der Waals surface area contributed by atoms with E-state index in [2.05, 4.69) is 20.6 Å². The highest BCUT2D eigenvalue weighted by atomic mass is 32.1. The fourth-order valence-corrected chi connectivity index (χ4v) is 4.77. The van der Waals surface area contributed by atoms with Crippen molar-refractivity contribution in [3.63, 3.8) is 0 Å². The van der Waals surface area contributed by atoms with Crippen LogP contribution < -0.4 is 5.32 Å². The fourth-order valence-electron chi connectivity index (χ4n) is 3.29. The van der Waals surface area contributed by atoms with Crippen LogP contribution in [0.15, 0.2) is 17.5 Å². The third kappa shape index (κ3) is 4.75. The number of aromatic nitrogens is 1. The van der Waals surface area contributed by atoms with Gasteiger partial charge in [-0.05, 0) is 38.3 Å². The van der Waals surface area contributed by atoms with E-state index in [-0.39, 0.29) is 17.7 Å². The molecule has 2 aromatic heterocycles. The molecule has 0 atom stereocenters. The number of hydrogen-bond donors (Lipinski definition) is 1. The van der Waals surface area contributed by atoms with Crippen molar-refractivity contribution in [3.8, 4) is 0 Å². The molecule has 0 radical (unpaired) electrons. The molecule has 2 amide bonds. The molecule has 2 aliphatic rings. The number of nitrogens with zero attached hydrogens (tertiary/aromatic N) is 3. The Morgan fingerprint density at radius 3 is 2.81 bits per heavy atom. The third-order valence-corrected chi connectivity index (χ3v) is 6.75. The molecule has 4 rings (SSSR count). The van der Waals surface area contributed by atoms with Crippen LogP contribution in [-0.2, 0) is 11.3 Å². The Bertz CT molecular complexity index is 827. The van der Waals surface area contributed by atoms with E-state index in [9.17, 15) is 9.59 Å². The molecule has 1 aliphatic carbocycles. The Kier molecular flexibility index (Phi) is 5.56. The zero-order valence-corrected chi connectivity index (χ0v) is 17.1. The van der Waals surface area contributed by atoms with Crippen LogP contribution >= 0.6 is 22.7 Å². The summed E-state index contributed by atoms with van der Waals surface area (Å²) in [5.74, 6) is 0.321. The molecular formula is C19H24N4O2S2. The second-order valence-corrected chi connectivity index (χ2v) is 9.35. The normalized spacial score (nSPS) is 18.3.